The van der Waals surface area contributed by atoms with Crippen molar-refractivity contribution in [1.29, 1.82) is 0 Å². The molecule has 0 saturated heterocycles. The van der Waals surface area contributed by atoms with Crippen LogP contribution in [0.5, 0.6) is 0 Å². The van der Waals surface area contributed by atoms with E-state index in [1.165, 1.54) is 17.4 Å². The lowest BCUT2D eigenvalue weighted by molar-refractivity contribution is -0.111. The van der Waals surface area contributed by atoms with Crippen molar-refractivity contribution in [3.63, 3.8) is 0 Å². The predicted octanol–water partition coefficient (Wildman–Crippen LogP) is 3.92. The molecular weight excluding hydrogens is 302 g/mol. The molecule has 0 aliphatic carbocycles. The summed E-state index contributed by atoms with van der Waals surface area (Å²) in [6.45, 7) is 0. The Balaban J connectivity index is 1.66. The van der Waals surface area contributed by atoms with Crippen LogP contribution < -0.4 is 5.32 Å². The zero-order valence-electron chi connectivity index (χ0n) is 10.9. The van der Waals surface area contributed by atoms with E-state index in [9.17, 15) is 4.79 Å². The number of amides is 1. The van der Waals surface area contributed by atoms with Crippen LogP contribution in [0.2, 0.25) is 0 Å². The van der Waals surface area contributed by atoms with Gasteiger partial charge in [0.25, 0.3) is 0 Å². The minimum atomic E-state index is -0.190. The van der Waals surface area contributed by atoms with Gasteiger partial charge in [0.2, 0.25) is 5.91 Å². The van der Waals surface area contributed by atoms with E-state index in [0.29, 0.717) is 5.13 Å². The summed E-state index contributed by atoms with van der Waals surface area (Å²) in [5.74, 6) is -0.190. The summed E-state index contributed by atoms with van der Waals surface area (Å²) in [7, 11) is 0. The number of pyridine rings is 1. The smallest absolute Gasteiger partial charge is 0.250 e. The summed E-state index contributed by atoms with van der Waals surface area (Å²) in [4.78, 5) is 21.4. The minimum Gasteiger partial charge on any atom is -0.298 e. The molecule has 3 aromatic rings. The van der Waals surface area contributed by atoms with Crippen LogP contribution in [-0.2, 0) is 4.79 Å². The summed E-state index contributed by atoms with van der Waals surface area (Å²) in [5, 5.41) is 7.16. The Hall–Kier alpha value is -2.31. The molecule has 1 N–H and O–H groups in total. The van der Waals surface area contributed by atoms with Crippen LogP contribution in [0, 0.1) is 0 Å². The van der Waals surface area contributed by atoms with E-state index in [1.54, 1.807) is 23.6 Å². The van der Waals surface area contributed by atoms with Crippen molar-refractivity contribution >= 4 is 39.8 Å². The van der Waals surface area contributed by atoms with E-state index in [2.05, 4.69) is 15.3 Å². The van der Waals surface area contributed by atoms with Crippen LogP contribution >= 0.6 is 22.7 Å². The second-order valence-electron chi connectivity index (χ2n) is 4.09. The van der Waals surface area contributed by atoms with E-state index in [4.69, 9.17) is 0 Å². The Morgan fingerprint density at radius 2 is 2.10 bits per heavy atom. The van der Waals surface area contributed by atoms with Gasteiger partial charge in [-0.1, -0.05) is 12.1 Å². The molecule has 6 heteroatoms. The Bertz CT molecular complexity index is 748. The number of hydrogen-bond donors (Lipinski definition) is 1. The van der Waals surface area contributed by atoms with Gasteiger partial charge in [0.05, 0.1) is 5.69 Å². The van der Waals surface area contributed by atoms with Crippen LogP contribution in [0.4, 0.5) is 5.13 Å². The number of thiazole rings is 1. The van der Waals surface area contributed by atoms with Gasteiger partial charge < -0.3 is 0 Å². The van der Waals surface area contributed by atoms with Crippen LogP contribution in [0.25, 0.3) is 17.5 Å². The van der Waals surface area contributed by atoms with Gasteiger partial charge in [-0.05, 0) is 29.7 Å². The fourth-order valence-corrected chi connectivity index (χ4v) is 2.98. The van der Waals surface area contributed by atoms with E-state index in [1.807, 2.05) is 41.1 Å². The number of carbonyl (C=O) groups excluding carboxylic acids is 1. The Labute approximate surface area is 129 Å². The number of anilines is 1. The van der Waals surface area contributed by atoms with Crippen LogP contribution in [0.3, 0.4) is 0 Å². The predicted molar refractivity (Wildman–Crippen MR) is 87.3 cm³/mol. The summed E-state index contributed by atoms with van der Waals surface area (Å²) >= 11 is 2.97. The fraction of sp³-hybridized carbons (Fsp3) is 0. The number of rotatable bonds is 4. The zero-order chi connectivity index (χ0) is 14.5. The first kappa shape index (κ1) is 13.7. The number of carbonyl (C=O) groups is 1. The molecule has 0 atom stereocenters. The van der Waals surface area contributed by atoms with E-state index in [0.717, 1.165) is 16.3 Å². The summed E-state index contributed by atoms with van der Waals surface area (Å²) in [6.07, 6.45) is 5.01. The highest BCUT2D eigenvalue weighted by molar-refractivity contribution is 7.14. The fourth-order valence-electron chi connectivity index (χ4n) is 1.65. The molecule has 1 amide bonds. The lowest BCUT2D eigenvalue weighted by Gasteiger charge is -1.96. The summed E-state index contributed by atoms with van der Waals surface area (Å²) in [5.41, 5.74) is 1.56. The normalized spacial score (nSPS) is 10.9. The number of thiophene rings is 1. The molecule has 3 aromatic heterocycles. The molecule has 4 nitrogen and oxygen atoms in total. The molecule has 0 spiro atoms. The van der Waals surface area contributed by atoms with Crippen molar-refractivity contribution in [2.45, 2.75) is 0 Å². The first-order valence-corrected chi connectivity index (χ1v) is 7.97. The molecule has 0 radical (unpaired) electrons. The first-order valence-electron chi connectivity index (χ1n) is 6.21. The van der Waals surface area contributed by atoms with Gasteiger partial charge in [-0.25, -0.2) is 4.98 Å². The SMILES string of the molecule is O=C(/C=C/c1cccs1)Nc1nc(-c2ccccn2)cs1. The maximum Gasteiger partial charge on any atom is 0.250 e. The molecular formula is C15H11N3OS2. The third kappa shape index (κ3) is 3.62. The van der Waals surface area contributed by atoms with Crippen molar-refractivity contribution in [2.24, 2.45) is 0 Å². The van der Waals surface area contributed by atoms with Crippen molar-refractivity contribution < 1.29 is 4.79 Å². The topological polar surface area (TPSA) is 54.9 Å². The van der Waals surface area contributed by atoms with Gasteiger partial charge in [-0.3, -0.25) is 15.1 Å². The van der Waals surface area contributed by atoms with E-state index in [-0.39, 0.29) is 5.91 Å². The number of aromatic nitrogens is 2. The van der Waals surface area contributed by atoms with Gasteiger partial charge in [0.1, 0.15) is 5.69 Å². The average molecular weight is 313 g/mol. The molecule has 3 rings (SSSR count). The lowest BCUT2D eigenvalue weighted by atomic mass is 10.3. The van der Waals surface area contributed by atoms with Crippen molar-refractivity contribution in [3.8, 4) is 11.4 Å². The number of nitrogens with zero attached hydrogens (tertiary/aromatic N) is 2. The van der Waals surface area contributed by atoms with Crippen LogP contribution in [0.15, 0.2) is 53.4 Å². The average Bonchev–Trinajstić information content (AvgIpc) is 3.17. The molecule has 0 bridgehead atoms. The largest absolute Gasteiger partial charge is 0.298 e. The molecule has 0 unspecified atom stereocenters. The molecule has 104 valence electrons. The first-order chi connectivity index (χ1) is 10.3. The highest BCUT2D eigenvalue weighted by atomic mass is 32.1. The molecule has 0 fully saturated rings. The zero-order valence-corrected chi connectivity index (χ0v) is 12.5. The lowest BCUT2D eigenvalue weighted by Crippen LogP contribution is -2.07. The van der Waals surface area contributed by atoms with Gasteiger partial charge >= 0.3 is 0 Å². The second-order valence-corrected chi connectivity index (χ2v) is 5.93. The maximum atomic E-state index is 11.8. The molecule has 0 aromatic carbocycles. The standard InChI is InChI=1S/C15H11N3OS2/c19-14(7-6-11-4-3-9-20-11)18-15-17-13(10-21-15)12-5-1-2-8-16-12/h1-10H,(H,17,18,19)/b7-6+. The van der Waals surface area contributed by atoms with Crippen LogP contribution in [0.1, 0.15) is 4.88 Å². The summed E-state index contributed by atoms with van der Waals surface area (Å²) in [6, 6.07) is 9.55. The maximum absolute atomic E-state index is 11.8. The van der Waals surface area contributed by atoms with E-state index < -0.39 is 0 Å². The molecule has 21 heavy (non-hydrogen) atoms. The van der Waals surface area contributed by atoms with Gasteiger partial charge in [0.15, 0.2) is 5.13 Å². The molecule has 0 aliphatic rings. The van der Waals surface area contributed by atoms with Crippen molar-refractivity contribution in [2.75, 3.05) is 5.32 Å². The van der Waals surface area contributed by atoms with Crippen LogP contribution in [-0.4, -0.2) is 15.9 Å². The second kappa shape index (κ2) is 6.43. The molecule has 0 saturated carbocycles. The Kier molecular flexibility index (Phi) is 4.18. The quantitative estimate of drug-likeness (QED) is 0.743. The highest BCUT2D eigenvalue weighted by Crippen LogP contribution is 2.23. The minimum absolute atomic E-state index is 0.190. The molecule has 0 aliphatic heterocycles. The number of hydrogen-bond acceptors (Lipinski definition) is 5. The highest BCUT2D eigenvalue weighted by Gasteiger charge is 2.06. The van der Waals surface area contributed by atoms with Gasteiger partial charge in [-0.2, -0.15) is 0 Å². The van der Waals surface area contributed by atoms with Gasteiger partial charge in [-0.15, -0.1) is 22.7 Å². The van der Waals surface area contributed by atoms with Crippen molar-refractivity contribution in [3.05, 3.63) is 58.2 Å². The Morgan fingerprint density at radius 3 is 2.86 bits per heavy atom. The number of nitrogens with one attached hydrogen (secondary N) is 1. The third-order valence-corrected chi connectivity index (χ3v) is 4.20. The third-order valence-electron chi connectivity index (χ3n) is 2.60. The Morgan fingerprint density at radius 1 is 1.14 bits per heavy atom. The van der Waals surface area contributed by atoms with E-state index >= 15 is 0 Å². The van der Waals surface area contributed by atoms with Gasteiger partial charge in [0, 0.05) is 22.5 Å². The monoisotopic (exact) mass is 313 g/mol. The van der Waals surface area contributed by atoms with Crippen molar-refractivity contribution in [1.82, 2.24) is 9.97 Å². The summed E-state index contributed by atoms with van der Waals surface area (Å²) < 4.78 is 0. The molecule has 3 heterocycles.